The van der Waals surface area contributed by atoms with Crippen molar-refractivity contribution in [3.05, 3.63) is 17.7 Å². The van der Waals surface area contributed by atoms with E-state index in [2.05, 4.69) is 10.6 Å². The van der Waals surface area contributed by atoms with Gasteiger partial charge in [-0.15, -0.1) is 12.4 Å². The van der Waals surface area contributed by atoms with E-state index in [1.807, 2.05) is 0 Å². The predicted molar refractivity (Wildman–Crippen MR) is 84.4 cm³/mol. The standard InChI is InChI=1S/C15H20N2O4.ClH/c1-19-11-4-8(5-12(20-2)14(11)21-3)15(18)17-13-9-6-16-7-10(9)13;/h4-5,9-10,13,16H,6-7H2,1-3H3,(H,17,18);1H. The first-order valence-electron chi connectivity index (χ1n) is 7.01. The summed E-state index contributed by atoms with van der Waals surface area (Å²) in [6.45, 7) is 1.98. The fourth-order valence-electron chi connectivity index (χ4n) is 3.08. The van der Waals surface area contributed by atoms with Crippen LogP contribution in [0.3, 0.4) is 0 Å². The Balaban J connectivity index is 0.00000176. The topological polar surface area (TPSA) is 68.8 Å². The molecule has 1 aromatic rings. The number of benzene rings is 1. The molecule has 2 atom stereocenters. The van der Waals surface area contributed by atoms with E-state index in [0.717, 1.165) is 13.1 Å². The highest BCUT2D eigenvalue weighted by Crippen LogP contribution is 2.42. The Morgan fingerprint density at radius 1 is 1.09 bits per heavy atom. The van der Waals surface area contributed by atoms with Gasteiger partial charge in [0, 0.05) is 24.7 Å². The van der Waals surface area contributed by atoms with E-state index in [0.29, 0.717) is 34.6 Å². The van der Waals surface area contributed by atoms with Crippen LogP contribution in [0, 0.1) is 11.8 Å². The van der Waals surface area contributed by atoms with Gasteiger partial charge in [-0.3, -0.25) is 4.79 Å². The number of amides is 1. The number of nitrogens with one attached hydrogen (secondary N) is 2. The van der Waals surface area contributed by atoms with Crippen LogP contribution in [-0.4, -0.2) is 46.4 Å². The molecule has 22 heavy (non-hydrogen) atoms. The van der Waals surface area contributed by atoms with Crippen LogP contribution >= 0.6 is 12.4 Å². The van der Waals surface area contributed by atoms with Gasteiger partial charge in [0.1, 0.15) is 0 Å². The Hall–Kier alpha value is -1.66. The van der Waals surface area contributed by atoms with Crippen molar-refractivity contribution in [3.63, 3.8) is 0 Å². The molecular weight excluding hydrogens is 308 g/mol. The maximum Gasteiger partial charge on any atom is 0.251 e. The van der Waals surface area contributed by atoms with Crippen LogP contribution in [0.25, 0.3) is 0 Å². The summed E-state index contributed by atoms with van der Waals surface area (Å²) < 4.78 is 15.8. The maximum absolute atomic E-state index is 12.4. The lowest BCUT2D eigenvalue weighted by atomic mass is 10.1. The molecule has 0 radical (unpaired) electrons. The van der Waals surface area contributed by atoms with Gasteiger partial charge >= 0.3 is 0 Å². The van der Waals surface area contributed by atoms with Crippen LogP contribution in [0.1, 0.15) is 10.4 Å². The monoisotopic (exact) mass is 328 g/mol. The van der Waals surface area contributed by atoms with Gasteiger partial charge in [-0.05, 0) is 24.0 Å². The van der Waals surface area contributed by atoms with Crippen LogP contribution in [0.5, 0.6) is 17.2 Å². The van der Waals surface area contributed by atoms with E-state index >= 15 is 0 Å². The van der Waals surface area contributed by atoms with E-state index in [-0.39, 0.29) is 24.4 Å². The van der Waals surface area contributed by atoms with Crippen LogP contribution in [0.15, 0.2) is 12.1 Å². The average molecular weight is 329 g/mol. The number of ether oxygens (including phenoxy) is 3. The minimum atomic E-state index is -0.103. The minimum absolute atomic E-state index is 0. The summed E-state index contributed by atoms with van der Waals surface area (Å²) in [5.74, 6) is 2.52. The van der Waals surface area contributed by atoms with Gasteiger partial charge in [0.25, 0.3) is 5.91 Å². The van der Waals surface area contributed by atoms with Gasteiger partial charge in [0.05, 0.1) is 21.3 Å². The molecule has 1 aromatic carbocycles. The molecule has 3 rings (SSSR count). The van der Waals surface area contributed by atoms with Crippen LogP contribution in [0.2, 0.25) is 0 Å². The van der Waals surface area contributed by atoms with E-state index in [1.165, 1.54) is 14.2 Å². The number of hydrogen-bond acceptors (Lipinski definition) is 5. The number of methoxy groups -OCH3 is 3. The lowest BCUT2D eigenvalue weighted by Gasteiger charge is -2.14. The normalized spacial score (nSPS) is 24.8. The van der Waals surface area contributed by atoms with Gasteiger partial charge in [-0.25, -0.2) is 0 Å². The first-order chi connectivity index (χ1) is 10.2. The highest BCUT2D eigenvalue weighted by molar-refractivity contribution is 5.96. The molecule has 1 heterocycles. The average Bonchev–Trinajstić information content (AvgIpc) is 2.95. The largest absolute Gasteiger partial charge is 0.493 e. The van der Waals surface area contributed by atoms with E-state index in [1.54, 1.807) is 19.2 Å². The minimum Gasteiger partial charge on any atom is -0.493 e. The zero-order chi connectivity index (χ0) is 15.0. The number of carbonyl (C=O) groups excluding carboxylic acids is 1. The Labute approximate surface area is 135 Å². The van der Waals surface area contributed by atoms with Crippen molar-refractivity contribution in [2.24, 2.45) is 11.8 Å². The fourth-order valence-corrected chi connectivity index (χ4v) is 3.08. The van der Waals surface area contributed by atoms with Gasteiger partial charge in [0.15, 0.2) is 11.5 Å². The number of halogens is 1. The molecule has 1 saturated heterocycles. The lowest BCUT2D eigenvalue weighted by Crippen LogP contribution is -2.32. The Morgan fingerprint density at radius 3 is 2.09 bits per heavy atom. The zero-order valence-electron chi connectivity index (χ0n) is 12.8. The molecule has 1 amide bonds. The molecule has 2 unspecified atom stereocenters. The summed E-state index contributed by atoms with van der Waals surface area (Å²) in [5, 5.41) is 6.39. The summed E-state index contributed by atoms with van der Waals surface area (Å²) in [6, 6.07) is 3.64. The molecule has 1 aliphatic carbocycles. The number of hydrogen-bond donors (Lipinski definition) is 2. The Morgan fingerprint density at radius 2 is 1.64 bits per heavy atom. The van der Waals surface area contributed by atoms with Crippen molar-refractivity contribution in [3.8, 4) is 17.2 Å². The van der Waals surface area contributed by atoms with Crippen molar-refractivity contribution >= 4 is 18.3 Å². The summed E-state index contributed by atoms with van der Waals surface area (Å²) in [4.78, 5) is 12.4. The van der Waals surface area contributed by atoms with E-state index in [4.69, 9.17) is 14.2 Å². The molecule has 6 nitrogen and oxygen atoms in total. The molecule has 1 aliphatic heterocycles. The van der Waals surface area contributed by atoms with E-state index < -0.39 is 0 Å². The highest BCUT2D eigenvalue weighted by atomic mass is 35.5. The third-order valence-corrected chi connectivity index (χ3v) is 4.32. The second-order valence-electron chi connectivity index (χ2n) is 5.40. The SMILES string of the molecule is COc1cc(C(=O)NC2C3CNCC32)cc(OC)c1OC.Cl. The van der Waals surface area contributed by atoms with E-state index in [9.17, 15) is 4.79 Å². The smallest absolute Gasteiger partial charge is 0.251 e. The van der Waals surface area contributed by atoms with Crippen LogP contribution in [-0.2, 0) is 0 Å². The summed E-state index contributed by atoms with van der Waals surface area (Å²) >= 11 is 0. The van der Waals surface area contributed by atoms with Crippen molar-refractivity contribution in [2.45, 2.75) is 6.04 Å². The summed E-state index contributed by atoms with van der Waals surface area (Å²) in [6.07, 6.45) is 0. The third-order valence-electron chi connectivity index (χ3n) is 4.32. The van der Waals surface area contributed by atoms with Crippen molar-refractivity contribution in [1.29, 1.82) is 0 Å². The van der Waals surface area contributed by atoms with Gasteiger partial charge in [-0.2, -0.15) is 0 Å². The highest BCUT2D eigenvalue weighted by Gasteiger charge is 2.53. The zero-order valence-corrected chi connectivity index (χ0v) is 13.7. The molecule has 2 N–H and O–H groups in total. The maximum atomic E-state index is 12.4. The van der Waals surface area contributed by atoms with Crippen molar-refractivity contribution in [2.75, 3.05) is 34.4 Å². The summed E-state index contributed by atoms with van der Waals surface area (Å²) in [5.41, 5.74) is 0.516. The first kappa shape index (κ1) is 16.7. The van der Waals surface area contributed by atoms with Gasteiger partial charge in [-0.1, -0.05) is 0 Å². The van der Waals surface area contributed by atoms with Gasteiger partial charge in [0.2, 0.25) is 5.75 Å². The number of fused-ring (bicyclic) bond motifs is 1. The molecule has 2 fully saturated rings. The molecule has 2 aliphatic rings. The molecule has 1 saturated carbocycles. The first-order valence-corrected chi connectivity index (χ1v) is 7.01. The number of carbonyl (C=O) groups is 1. The predicted octanol–water partition coefficient (Wildman–Crippen LogP) is 1.08. The van der Waals surface area contributed by atoms with Crippen LogP contribution < -0.4 is 24.8 Å². The molecule has 122 valence electrons. The van der Waals surface area contributed by atoms with Crippen molar-refractivity contribution in [1.82, 2.24) is 10.6 Å². The quantitative estimate of drug-likeness (QED) is 0.846. The number of piperidine rings is 1. The fraction of sp³-hybridized carbons (Fsp3) is 0.533. The Kier molecular flexibility index (Phi) is 5.03. The molecule has 0 spiro atoms. The van der Waals surface area contributed by atoms with Crippen molar-refractivity contribution < 1.29 is 19.0 Å². The molecule has 7 heteroatoms. The van der Waals surface area contributed by atoms with Crippen LogP contribution in [0.4, 0.5) is 0 Å². The molecule has 0 aromatic heterocycles. The second kappa shape index (κ2) is 6.62. The third kappa shape index (κ3) is 2.80. The molecular formula is C15H21ClN2O4. The Bertz CT molecular complexity index is 531. The lowest BCUT2D eigenvalue weighted by molar-refractivity contribution is 0.0945. The number of rotatable bonds is 5. The summed E-state index contributed by atoms with van der Waals surface area (Å²) in [7, 11) is 4.62. The molecule has 0 bridgehead atoms. The van der Waals surface area contributed by atoms with Gasteiger partial charge < -0.3 is 24.8 Å². The second-order valence-corrected chi connectivity index (χ2v) is 5.40.